The van der Waals surface area contributed by atoms with Crippen molar-refractivity contribution >= 4 is 38.9 Å². The first-order valence-corrected chi connectivity index (χ1v) is 6.55. The maximum Gasteiger partial charge on any atom is 0.275 e. The molecule has 2 aromatic rings. The van der Waals surface area contributed by atoms with Gasteiger partial charge in [0.05, 0.1) is 21.7 Å². The first kappa shape index (κ1) is 14.6. The van der Waals surface area contributed by atoms with E-state index in [0.29, 0.717) is 16.5 Å². The predicted molar refractivity (Wildman–Crippen MR) is 80.1 cm³/mol. The molecule has 0 aliphatic carbocycles. The van der Waals surface area contributed by atoms with Crippen molar-refractivity contribution in [2.75, 3.05) is 5.43 Å². The fourth-order valence-corrected chi connectivity index (χ4v) is 2.23. The van der Waals surface area contributed by atoms with Gasteiger partial charge < -0.3 is 10.2 Å². The largest absolute Gasteiger partial charge is 0.455 e. The third-order valence-electron chi connectivity index (χ3n) is 2.39. The zero-order valence-corrected chi connectivity index (χ0v) is 12.3. The number of nitrogens with one attached hydrogen (secondary N) is 1. The fraction of sp³-hybridized carbons (Fsp3) is 0. The molecule has 0 fully saturated rings. The Morgan fingerprint density at radius 2 is 2.05 bits per heavy atom. The number of non-ortho nitro benzene ring substituents is 1. The molecule has 0 saturated carbocycles. The minimum atomic E-state index is -0.531. The lowest BCUT2D eigenvalue weighted by Gasteiger charge is -2.09. The molecule has 8 heteroatoms. The zero-order valence-electron chi connectivity index (χ0n) is 9.97. The lowest BCUT2D eigenvalue weighted by molar-refractivity contribution is -0.384. The number of rotatable bonds is 4. The van der Waals surface area contributed by atoms with Gasteiger partial charge in [0.1, 0.15) is 11.5 Å². The van der Waals surface area contributed by atoms with Crippen molar-refractivity contribution < 1.29 is 9.66 Å². The van der Waals surface area contributed by atoms with Gasteiger partial charge in [0.25, 0.3) is 5.69 Å². The van der Waals surface area contributed by atoms with Gasteiger partial charge in [-0.1, -0.05) is 27.5 Å². The molecule has 0 heterocycles. The Bertz CT molecular complexity index is 666. The molecule has 0 aliphatic rings. The van der Waals surface area contributed by atoms with Crippen molar-refractivity contribution in [2.45, 2.75) is 0 Å². The van der Waals surface area contributed by atoms with Crippen LogP contribution in [0.1, 0.15) is 0 Å². The van der Waals surface area contributed by atoms with Crippen LogP contribution in [0.4, 0.5) is 11.4 Å². The molecule has 0 aliphatic heterocycles. The second kappa shape index (κ2) is 6.08. The number of nitro groups is 1. The van der Waals surface area contributed by atoms with Crippen LogP contribution in [0.15, 0.2) is 40.9 Å². The standard InChI is InChI=1S/C12H9BrClN3O3/c13-7-1-2-12(11(14)3-7)20-10-5-8(16-15)4-9(6-10)17(18)19/h1-6,16H,15H2. The molecule has 0 bridgehead atoms. The number of benzene rings is 2. The summed E-state index contributed by atoms with van der Waals surface area (Å²) in [7, 11) is 0. The molecule has 3 N–H and O–H groups in total. The van der Waals surface area contributed by atoms with Gasteiger partial charge in [0, 0.05) is 16.6 Å². The van der Waals surface area contributed by atoms with Crippen LogP contribution < -0.4 is 16.0 Å². The van der Waals surface area contributed by atoms with Gasteiger partial charge in [-0.15, -0.1) is 0 Å². The van der Waals surface area contributed by atoms with Gasteiger partial charge in [-0.05, 0) is 18.2 Å². The summed E-state index contributed by atoms with van der Waals surface area (Å²) in [6.45, 7) is 0. The number of halogens is 2. The van der Waals surface area contributed by atoms with Crippen molar-refractivity contribution in [3.63, 3.8) is 0 Å². The summed E-state index contributed by atoms with van der Waals surface area (Å²) in [6, 6.07) is 9.19. The number of nitro benzene ring substituents is 1. The maximum atomic E-state index is 10.8. The lowest BCUT2D eigenvalue weighted by Crippen LogP contribution is -2.07. The minimum absolute atomic E-state index is 0.135. The zero-order chi connectivity index (χ0) is 14.7. The van der Waals surface area contributed by atoms with Gasteiger partial charge in [-0.2, -0.15) is 0 Å². The molecule has 20 heavy (non-hydrogen) atoms. The van der Waals surface area contributed by atoms with Crippen LogP contribution in [0.2, 0.25) is 5.02 Å². The van der Waals surface area contributed by atoms with E-state index in [0.717, 1.165) is 4.47 Å². The molecule has 0 radical (unpaired) electrons. The topological polar surface area (TPSA) is 90.4 Å². The Morgan fingerprint density at radius 1 is 1.30 bits per heavy atom. The Morgan fingerprint density at radius 3 is 2.65 bits per heavy atom. The second-order valence-corrected chi connectivity index (χ2v) is 5.12. The molecule has 0 unspecified atom stereocenters. The van der Waals surface area contributed by atoms with Crippen molar-refractivity contribution in [2.24, 2.45) is 5.84 Å². The van der Waals surface area contributed by atoms with Crippen LogP contribution in [-0.2, 0) is 0 Å². The molecule has 6 nitrogen and oxygen atoms in total. The average molecular weight is 359 g/mol. The summed E-state index contributed by atoms with van der Waals surface area (Å²) in [6.07, 6.45) is 0. The number of hydrogen-bond donors (Lipinski definition) is 2. The third kappa shape index (κ3) is 3.38. The van der Waals surface area contributed by atoms with E-state index in [9.17, 15) is 10.1 Å². The van der Waals surface area contributed by atoms with E-state index < -0.39 is 4.92 Å². The van der Waals surface area contributed by atoms with E-state index in [2.05, 4.69) is 21.4 Å². The lowest BCUT2D eigenvalue weighted by atomic mass is 10.2. The Balaban J connectivity index is 2.37. The van der Waals surface area contributed by atoms with Crippen LogP contribution in [0.3, 0.4) is 0 Å². The summed E-state index contributed by atoms with van der Waals surface area (Å²) in [5, 5.41) is 11.2. The highest BCUT2D eigenvalue weighted by Gasteiger charge is 2.12. The predicted octanol–water partition coefficient (Wildman–Crippen LogP) is 4.09. The molecule has 104 valence electrons. The van der Waals surface area contributed by atoms with Crippen molar-refractivity contribution in [1.82, 2.24) is 0 Å². The first-order valence-electron chi connectivity index (χ1n) is 5.38. The van der Waals surface area contributed by atoms with Gasteiger partial charge in [-0.3, -0.25) is 16.0 Å². The van der Waals surface area contributed by atoms with Crippen LogP contribution in [0.25, 0.3) is 0 Å². The Kier molecular flexibility index (Phi) is 4.43. The van der Waals surface area contributed by atoms with E-state index in [4.69, 9.17) is 22.2 Å². The third-order valence-corrected chi connectivity index (χ3v) is 3.18. The summed E-state index contributed by atoms with van der Waals surface area (Å²) in [5.41, 5.74) is 2.58. The van der Waals surface area contributed by atoms with Crippen LogP contribution >= 0.6 is 27.5 Å². The number of ether oxygens (including phenoxy) is 1. The van der Waals surface area contributed by atoms with Crippen molar-refractivity contribution in [3.05, 3.63) is 56.0 Å². The molecular weight excluding hydrogens is 350 g/mol. The number of nitrogen functional groups attached to an aromatic ring is 1. The molecular formula is C12H9BrClN3O3. The highest BCUT2D eigenvalue weighted by molar-refractivity contribution is 9.10. The van der Waals surface area contributed by atoms with E-state index in [-0.39, 0.29) is 11.4 Å². The molecule has 0 saturated heterocycles. The van der Waals surface area contributed by atoms with E-state index >= 15 is 0 Å². The Hall–Kier alpha value is -1.83. The fourth-order valence-electron chi connectivity index (χ4n) is 1.52. The van der Waals surface area contributed by atoms with E-state index in [1.54, 1.807) is 18.2 Å². The molecule has 0 aromatic heterocycles. The average Bonchev–Trinajstić information content (AvgIpc) is 2.41. The summed E-state index contributed by atoms with van der Waals surface area (Å²) in [5.74, 6) is 5.92. The number of nitrogens with zero attached hydrogens (tertiary/aromatic N) is 1. The van der Waals surface area contributed by atoms with E-state index in [1.807, 2.05) is 0 Å². The van der Waals surface area contributed by atoms with Gasteiger partial charge in [0.15, 0.2) is 0 Å². The number of anilines is 1. The van der Waals surface area contributed by atoms with Crippen LogP contribution in [0.5, 0.6) is 11.5 Å². The summed E-state index contributed by atoms with van der Waals surface area (Å²) in [4.78, 5) is 10.3. The van der Waals surface area contributed by atoms with Gasteiger partial charge in [0.2, 0.25) is 0 Å². The smallest absolute Gasteiger partial charge is 0.275 e. The summed E-state index contributed by atoms with van der Waals surface area (Å²) < 4.78 is 6.35. The first-order chi connectivity index (χ1) is 9.49. The quantitative estimate of drug-likeness (QED) is 0.488. The van der Waals surface area contributed by atoms with Crippen molar-refractivity contribution in [1.29, 1.82) is 0 Å². The van der Waals surface area contributed by atoms with Gasteiger partial charge in [-0.25, -0.2) is 0 Å². The minimum Gasteiger partial charge on any atom is -0.455 e. The SMILES string of the molecule is NNc1cc(Oc2ccc(Br)cc2Cl)cc([N+](=O)[O-])c1. The van der Waals surface area contributed by atoms with Crippen LogP contribution in [-0.4, -0.2) is 4.92 Å². The maximum absolute atomic E-state index is 10.8. The highest BCUT2D eigenvalue weighted by atomic mass is 79.9. The highest BCUT2D eigenvalue weighted by Crippen LogP contribution is 2.34. The number of nitrogens with two attached hydrogens (primary N) is 1. The van der Waals surface area contributed by atoms with Crippen LogP contribution in [0, 0.1) is 10.1 Å². The molecule has 2 aromatic carbocycles. The molecule has 0 atom stereocenters. The Labute approximate surface area is 127 Å². The van der Waals surface area contributed by atoms with E-state index in [1.165, 1.54) is 18.2 Å². The summed E-state index contributed by atoms with van der Waals surface area (Å²) >= 11 is 9.31. The normalized spacial score (nSPS) is 10.2. The second-order valence-electron chi connectivity index (χ2n) is 3.79. The number of hydrogen-bond acceptors (Lipinski definition) is 5. The monoisotopic (exact) mass is 357 g/mol. The molecule has 2 rings (SSSR count). The van der Waals surface area contributed by atoms with Crippen molar-refractivity contribution in [3.8, 4) is 11.5 Å². The molecule has 0 spiro atoms. The van der Waals surface area contributed by atoms with Gasteiger partial charge >= 0.3 is 0 Å². The number of hydrazine groups is 1. The molecule has 0 amide bonds.